The van der Waals surface area contributed by atoms with Crippen LogP contribution in [0.3, 0.4) is 0 Å². The Kier molecular flexibility index (Phi) is 5.73. The van der Waals surface area contributed by atoms with Crippen LogP contribution in [0.4, 0.5) is 13.2 Å². The summed E-state index contributed by atoms with van der Waals surface area (Å²) >= 11 is 0. The maximum Gasteiger partial charge on any atom is 0.240 e. The van der Waals surface area contributed by atoms with Gasteiger partial charge in [-0.25, -0.2) is 13.2 Å². The molecular formula is C23H25F3N2O2. The monoisotopic (exact) mass is 418 g/mol. The number of hydrogen-bond acceptors (Lipinski definition) is 3. The Labute approximate surface area is 173 Å². The van der Waals surface area contributed by atoms with Gasteiger partial charge in [-0.3, -0.25) is 9.69 Å². The number of phenols is 1. The van der Waals surface area contributed by atoms with Crippen LogP contribution in [-0.2, 0) is 11.3 Å². The zero-order valence-electron chi connectivity index (χ0n) is 16.8. The topological polar surface area (TPSA) is 43.8 Å². The largest absolute Gasteiger partial charge is 0.505 e. The number of amides is 1. The molecule has 2 aliphatic rings. The van der Waals surface area contributed by atoms with Gasteiger partial charge in [-0.15, -0.1) is 0 Å². The summed E-state index contributed by atoms with van der Waals surface area (Å²) in [6, 6.07) is 8.58. The molecular weight excluding hydrogens is 393 g/mol. The summed E-state index contributed by atoms with van der Waals surface area (Å²) in [6.45, 7) is 3.24. The summed E-state index contributed by atoms with van der Waals surface area (Å²) in [7, 11) is 0. The van der Waals surface area contributed by atoms with Crippen molar-refractivity contribution in [2.75, 3.05) is 19.6 Å². The standard InChI is InChI=1S/C23H25F3N2O2/c1-14-2-3-15(10-18(14)24)12-28-9-7-21(23(28)30)27-8-6-17(20(26)13-27)16-4-5-22(29)19(25)11-16/h2-5,10-11,17,20-21,29H,6-9,12-13H2,1H3/t17-,20+,21+/m1/s1. The van der Waals surface area contributed by atoms with Crippen LogP contribution in [0.2, 0.25) is 0 Å². The highest BCUT2D eigenvalue weighted by Gasteiger charge is 2.40. The van der Waals surface area contributed by atoms with E-state index >= 15 is 0 Å². The minimum atomic E-state index is -1.23. The van der Waals surface area contributed by atoms with Crippen LogP contribution in [0.25, 0.3) is 0 Å². The summed E-state index contributed by atoms with van der Waals surface area (Å²) in [5, 5.41) is 9.34. The van der Waals surface area contributed by atoms with Gasteiger partial charge < -0.3 is 10.0 Å². The number of carbonyl (C=O) groups excluding carboxylic acids is 1. The highest BCUT2D eigenvalue weighted by molar-refractivity contribution is 5.84. The molecule has 4 rings (SSSR count). The number of likely N-dealkylation sites (tertiary alicyclic amines) is 2. The first-order valence-electron chi connectivity index (χ1n) is 10.2. The van der Waals surface area contributed by atoms with E-state index in [1.807, 2.05) is 11.0 Å². The molecule has 0 unspecified atom stereocenters. The van der Waals surface area contributed by atoms with Crippen molar-refractivity contribution < 1.29 is 23.1 Å². The number of aromatic hydroxyl groups is 1. The van der Waals surface area contributed by atoms with Crippen molar-refractivity contribution in [1.82, 2.24) is 9.80 Å². The van der Waals surface area contributed by atoms with E-state index in [2.05, 4.69) is 0 Å². The molecule has 1 N–H and O–H groups in total. The van der Waals surface area contributed by atoms with Gasteiger partial charge >= 0.3 is 0 Å². The molecule has 7 heteroatoms. The van der Waals surface area contributed by atoms with Crippen LogP contribution in [0.1, 0.15) is 35.4 Å². The number of phenolic OH excluding ortho intramolecular Hbond substituents is 1. The van der Waals surface area contributed by atoms with Crippen molar-refractivity contribution in [1.29, 1.82) is 0 Å². The molecule has 2 heterocycles. The molecule has 3 atom stereocenters. The summed E-state index contributed by atoms with van der Waals surface area (Å²) in [4.78, 5) is 16.5. The zero-order chi connectivity index (χ0) is 21.4. The lowest BCUT2D eigenvalue weighted by Crippen LogP contribution is -2.49. The van der Waals surface area contributed by atoms with Crippen molar-refractivity contribution in [3.05, 3.63) is 64.7 Å². The van der Waals surface area contributed by atoms with Crippen molar-refractivity contribution >= 4 is 5.91 Å². The molecule has 0 aliphatic carbocycles. The molecule has 1 amide bonds. The summed E-state index contributed by atoms with van der Waals surface area (Å²) in [6.07, 6.45) is -0.146. The van der Waals surface area contributed by atoms with Gasteiger partial charge in [0.1, 0.15) is 12.0 Å². The molecule has 2 aromatic rings. The fourth-order valence-electron chi connectivity index (χ4n) is 4.51. The Morgan fingerprint density at radius 1 is 1.07 bits per heavy atom. The molecule has 2 saturated heterocycles. The smallest absolute Gasteiger partial charge is 0.240 e. The number of halogens is 3. The van der Waals surface area contributed by atoms with Crippen molar-refractivity contribution in [3.63, 3.8) is 0 Å². The van der Waals surface area contributed by atoms with E-state index < -0.39 is 23.7 Å². The highest BCUT2D eigenvalue weighted by Crippen LogP contribution is 2.34. The Bertz CT molecular complexity index is 952. The van der Waals surface area contributed by atoms with Gasteiger partial charge in [0.25, 0.3) is 0 Å². The van der Waals surface area contributed by atoms with Crippen LogP contribution in [-0.4, -0.2) is 52.7 Å². The molecule has 0 spiro atoms. The predicted octanol–water partition coefficient (Wildman–Crippen LogP) is 3.91. The Morgan fingerprint density at radius 3 is 2.57 bits per heavy atom. The van der Waals surface area contributed by atoms with Gasteiger partial charge in [0.2, 0.25) is 5.91 Å². The van der Waals surface area contributed by atoms with E-state index in [4.69, 9.17) is 0 Å². The zero-order valence-corrected chi connectivity index (χ0v) is 16.8. The van der Waals surface area contributed by atoms with E-state index in [-0.39, 0.29) is 24.3 Å². The van der Waals surface area contributed by atoms with Gasteiger partial charge in [-0.2, -0.15) is 0 Å². The van der Waals surface area contributed by atoms with Gasteiger partial charge in [0.15, 0.2) is 11.6 Å². The van der Waals surface area contributed by atoms with Gasteiger partial charge in [-0.05, 0) is 61.2 Å². The number of hydrogen-bond donors (Lipinski definition) is 1. The van der Waals surface area contributed by atoms with Crippen LogP contribution in [0.5, 0.6) is 5.75 Å². The van der Waals surface area contributed by atoms with E-state index in [9.17, 15) is 23.1 Å². The van der Waals surface area contributed by atoms with Gasteiger partial charge in [0.05, 0.1) is 6.04 Å². The maximum atomic E-state index is 14.9. The van der Waals surface area contributed by atoms with E-state index in [1.165, 1.54) is 18.2 Å². The van der Waals surface area contributed by atoms with E-state index in [1.54, 1.807) is 24.0 Å². The molecule has 4 nitrogen and oxygen atoms in total. The first-order valence-corrected chi connectivity index (χ1v) is 10.2. The number of piperidine rings is 1. The van der Waals surface area contributed by atoms with Crippen molar-refractivity contribution in [2.24, 2.45) is 0 Å². The van der Waals surface area contributed by atoms with Gasteiger partial charge in [-0.1, -0.05) is 18.2 Å². The molecule has 2 aromatic carbocycles. The quantitative estimate of drug-likeness (QED) is 0.819. The number of carbonyl (C=O) groups is 1. The normalized spacial score (nSPS) is 25.1. The van der Waals surface area contributed by atoms with E-state index in [0.717, 1.165) is 5.56 Å². The second-order valence-corrected chi connectivity index (χ2v) is 8.26. The minimum Gasteiger partial charge on any atom is -0.505 e. The lowest BCUT2D eigenvalue weighted by atomic mass is 9.87. The number of nitrogens with zero attached hydrogens (tertiary/aromatic N) is 2. The van der Waals surface area contributed by atoms with E-state index in [0.29, 0.717) is 43.6 Å². The summed E-state index contributed by atoms with van der Waals surface area (Å²) < 4.78 is 42.4. The number of alkyl halides is 1. The average Bonchev–Trinajstić information content (AvgIpc) is 3.07. The van der Waals surface area contributed by atoms with Crippen molar-refractivity contribution in [2.45, 2.75) is 44.4 Å². The predicted molar refractivity (Wildman–Crippen MR) is 107 cm³/mol. The maximum absolute atomic E-state index is 14.9. The van der Waals surface area contributed by atoms with Crippen LogP contribution < -0.4 is 0 Å². The Hall–Kier alpha value is -2.54. The molecule has 0 bridgehead atoms. The lowest BCUT2D eigenvalue weighted by Gasteiger charge is -2.37. The number of benzene rings is 2. The van der Waals surface area contributed by atoms with Crippen molar-refractivity contribution in [3.8, 4) is 5.75 Å². The molecule has 0 saturated carbocycles. The molecule has 2 aliphatic heterocycles. The lowest BCUT2D eigenvalue weighted by molar-refractivity contribution is -0.133. The molecule has 30 heavy (non-hydrogen) atoms. The number of aryl methyl sites for hydroxylation is 1. The fourth-order valence-corrected chi connectivity index (χ4v) is 4.51. The SMILES string of the molecule is Cc1ccc(CN2CC[C@H](N3CC[C@H](c4ccc(O)c(F)c4)[C@@H](F)C3)C2=O)cc1F. The fraction of sp³-hybridized carbons (Fsp3) is 0.435. The molecule has 0 radical (unpaired) electrons. The molecule has 2 fully saturated rings. The first kappa shape index (κ1) is 20.7. The molecule has 0 aromatic heterocycles. The average molecular weight is 418 g/mol. The second kappa shape index (κ2) is 8.30. The Morgan fingerprint density at radius 2 is 1.87 bits per heavy atom. The highest BCUT2D eigenvalue weighted by atomic mass is 19.1. The Balaban J connectivity index is 1.39. The minimum absolute atomic E-state index is 0.0580. The van der Waals surface area contributed by atoms with Crippen LogP contribution >= 0.6 is 0 Å². The van der Waals surface area contributed by atoms with Crippen LogP contribution in [0.15, 0.2) is 36.4 Å². The summed E-state index contributed by atoms with van der Waals surface area (Å²) in [5.74, 6) is -2.01. The third-order valence-electron chi connectivity index (χ3n) is 6.29. The summed E-state index contributed by atoms with van der Waals surface area (Å²) in [5.41, 5.74) is 1.83. The second-order valence-electron chi connectivity index (χ2n) is 8.26. The number of rotatable bonds is 4. The third kappa shape index (κ3) is 4.03. The first-order chi connectivity index (χ1) is 14.3. The third-order valence-corrected chi connectivity index (χ3v) is 6.29. The van der Waals surface area contributed by atoms with Crippen LogP contribution in [0, 0.1) is 18.6 Å². The van der Waals surface area contributed by atoms with Gasteiger partial charge in [0, 0.05) is 25.6 Å². The molecule has 160 valence electrons.